The van der Waals surface area contributed by atoms with E-state index in [1.807, 2.05) is 0 Å². The zero-order chi connectivity index (χ0) is 6.69. The third-order valence-corrected chi connectivity index (χ3v) is 0.714. The van der Waals surface area contributed by atoms with Crippen molar-refractivity contribution < 1.29 is 0 Å². The molecule has 5 N–H and O–H groups in total. The van der Waals surface area contributed by atoms with Crippen LogP contribution in [0, 0.1) is 0 Å². The van der Waals surface area contributed by atoms with Gasteiger partial charge < -0.3 is 11.6 Å². The summed E-state index contributed by atoms with van der Waals surface area (Å²) in [6.07, 6.45) is 0. The van der Waals surface area contributed by atoms with Crippen LogP contribution in [0.3, 0.4) is 0 Å². The van der Waals surface area contributed by atoms with Crippen LogP contribution in [0.25, 0.3) is 0 Å². The first kappa shape index (κ1) is 5.48. The molecule has 0 saturated heterocycles. The van der Waals surface area contributed by atoms with Crippen LogP contribution < -0.4 is 11.6 Å². The summed E-state index contributed by atoms with van der Waals surface area (Å²) in [5, 5.41) is 15.6. The van der Waals surface area contributed by atoms with Crippen LogP contribution in [0.2, 0.25) is 0 Å². The number of tetrazole rings is 1. The topological polar surface area (TPSA) is 119 Å². The van der Waals surface area contributed by atoms with Gasteiger partial charge in [-0.05, 0) is 5.21 Å². The first-order chi connectivity index (χ1) is 4.34. The van der Waals surface area contributed by atoms with Crippen molar-refractivity contribution in [2.45, 2.75) is 0 Å². The fourth-order valence-electron chi connectivity index (χ4n) is 0.328. The minimum absolute atomic E-state index is 0.0590. The van der Waals surface area contributed by atoms with Crippen LogP contribution in [0.15, 0.2) is 5.10 Å². The monoisotopic (exact) mass is 127 g/mol. The fourth-order valence-corrected chi connectivity index (χ4v) is 0.328. The molecular weight excluding hydrogens is 122 g/mol. The normalized spacial score (nSPS) is 11.8. The average Bonchev–Trinajstić information content (AvgIpc) is 2.37. The second-order valence-electron chi connectivity index (χ2n) is 1.25. The highest BCUT2D eigenvalue weighted by Crippen LogP contribution is 1.77. The van der Waals surface area contributed by atoms with Gasteiger partial charge in [0.25, 0.3) is 0 Å². The molecule has 0 atom stereocenters. The van der Waals surface area contributed by atoms with Crippen molar-refractivity contribution in [2.75, 3.05) is 0 Å². The van der Waals surface area contributed by atoms with Gasteiger partial charge >= 0.3 is 0 Å². The highest BCUT2D eigenvalue weighted by Gasteiger charge is 2.00. The minimum atomic E-state index is 0.0590. The molecule has 0 bridgehead atoms. The highest BCUT2D eigenvalue weighted by molar-refractivity contribution is 5.93. The molecule has 0 amide bonds. The average molecular weight is 127 g/mol. The second kappa shape index (κ2) is 2.07. The van der Waals surface area contributed by atoms with Crippen molar-refractivity contribution >= 4 is 5.84 Å². The van der Waals surface area contributed by atoms with Crippen molar-refractivity contribution in [3.63, 3.8) is 0 Å². The molecule has 1 aromatic rings. The highest BCUT2D eigenvalue weighted by atomic mass is 15.5. The lowest BCUT2D eigenvalue weighted by Gasteiger charge is -1.84. The van der Waals surface area contributed by atoms with Crippen LogP contribution in [-0.2, 0) is 0 Å². The summed E-state index contributed by atoms with van der Waals surface area (Å²) >= 11 is 0. The van der Waals surface area contributed by atoms with E-state index in [2.05, 4.69) is 25.7 Å². The first-order valence-electron chi connectivity index (χ1n) is 2.11. The van der Waals surface area contributed by atoms with Gasteiger partial charge in [0, 0.05) is 0 Å². The third-order valence-electron chi connectivity index (χ3n) is 0.714. The van der Waals surface area contributed by atoms with Gasteiger partial charge in [-0.2, -0.15) is 10.3 Å². The maximum atomic E-state index is 5.18. The molecule has 0 aliphatic heterocycles. The zero-order valence-electron chi connectivity index (χ0n) is 4.44. The summed E-state index contributed by atoms with van der Waals surface area (Å²) in [6, 6.07) is 0. The van der Waals surface area contributed by atoms with Gasteiger partial charge in [0.1, 0.15) is 0 Å². The molecule has 0 fully saturated rings. The molecule has 0 saturated carbocycles. The Morgan fingerprint density at radius 2 is 2.44 bits per heavy atom. The Kier molecular flexibility index (Phi) is 1.26. The number of hydrogen-bond acceptors (Lipinski definition) is 5. The largest absolute Gasteiger partial charge is 0.379 e. The molecule has 0 unspecified atom stereocenters. The smallest absolute Gasteiger partial charge is 0.241 e. The van der Waals surface area contributed by atoms with Gasteiger partial charge in [0.15, 0.2) is 5.84 Å². The number of nitrogens with two attached hydrogens (primary N) is 2. The molecule has 7 nitrogen and oxygen atoms in total. The van der Waals surface area contributed by atoms with Crippen LogP contribution in [0.1, 0.15) is 5.82 Å². The molecule has 1 aromatic heterocycles. The van der Waals surface area contributed by atoms with E-state index in [9.17, 15) is 0 Å². The van der Waals surface area contributed by atoms with Crippen LogP contribution >= 0.6 is 0 Å². The van der Waals surface area contributed by atoms with E-state index in [1.165, 1.54) is 0 Å². The van der Waals surface area contributed by atoms with E-state index in [0.29, 0.717) is 0 Å². The predicted octanol–water partition coefficient (Wildman–Crippen LogP) is -2.22. The van der Waals surface area contributed by atoms with Gasteiger partial charge in [-0.25, -0.2) is 0 Å². The Morgan fingerprint density at radius 3 is 2.89 bits per heavy atom. The quantitative estimate of drug-likeness (QED) is 0.171. The van der Waals surface area contributed by atoms with Crippen LogP contribution in [-0.4, -0.2) is 26.5 Å². The summed E-state index contributed by atoms with van der Waals surface area (Å²) in [6.45, 7) is 0. The van der Waals surface area contributed by atoms with Crippen molar-refractivity contribution in [2.24, 2.45) is 16.7 Å². The fraction of sp³-hybridized carbons (Fsp3) is 0. The van der Waals surface area contributed by atoms with Gasteiger partial charge in [-0.15, -0.1) is 10.2 Å². The van der Waals surface area contributed by atoms with E-state index in [1.54, 1.807) is 0 Å². The van der Waals surface area contributed by atoms with E-state index < -0.39 is 0 Å². The van der Waals surface area contributed by atoms with Crippen molar-refractivity contribution in [1.82, 2.24) is 20.6 Å². The maximum absolute atomic E-state index is 5.18. The van der Waals surface area contributed by atoms with Crippen LogP contribution in [0.4, 0.5) is 0 Å². The molecule has 0 aliphatic rings. The Morgan fingerprint density at radius 1 is 1.67 bits per heavy atom. The molecule has 7 heteroatoms. The van der Waals surface area contributed by atoms with Gasteiger partial charge in [-0.1, -0.05) is 0 Å². The Balaban J connectivity index is 2.90. The number of amidine groups is 1. The number of hydrazone groups is 1. The summed E-state index contributed by atoms with van der Waals surface area (Å²) in [4.78, 5) is 0. The standard InChI is InChI=1S/C2H5N7/c3-1(5-4)2-6-8-9-7-2/h4H2,(H2,3,5)(H,6,7,8,9). The molecule has 0 radical (unpaired) electrons. The summed E-state index contributed by atoms with van der Waals surface area (Å²) in [5.74, 6) is 5.07. The summed E-state index contributed by atoms with van der Waals surface area (Å²) in [7, 11) is 0. The number of nitrogens with zero attached hydrogens (tertiary/aromatic N) is 4. The van der Waals surface area contributed by atoms with Crippen molar-refractivity contribution in [3.8, 4) is 0 Å². The predicted molar refractivity (Wildman–Crippen MR) is 29.1 cm³/mol. The van der Waals surface area contributed by atoms with Gasteiger partial charge in [0.2, 0.25) is 5.82 Å². The van der Waals surface area contributed by atoms with Crippen LogP contribution in [0.5, 0.6) is 0 Å². The minimum Gasteiger partial charge on any atom is -0.379 e. The lowest BCUT2D eigenvalue weighted by molar-refractivity contribution is 0.881. The van der Waals surface area contributed by atoms with E-state index >= 15 is 0 Å². The number of hydrogen-bond donors (Lipinski definition) is 3. The number of aromatic amines is 1. The van der Waals surface area contributed by atoms with Gasteiger partial charge in [-0.3, -0.25) is 0 Å². The molecule has 1 rings (SSSR count). The maximum Gasteiger partial charge on any atom is 0.241 e. The Bertz CT molecular complexity index is 197. The lowest BCUT2D eigenvalue weighted by atomic mass is 10.6. The number of nitrogens with one attached hydrogen (secondary N) is 1. The van der Waals surface area contributed by atoms with Gasteiger partial charge in [0.05, 0.1) is 0 Å². The second-order valence-corrected chi connectivity index (χ2v) is 1.25. The SMILES string of the molecule is N/N=C(\N)c1nn[nH]n1. The molecule has 0 aromatic carbocycles. The first-order valence-corrected chi connectivity index (χ1v) is 2.11. The summed E-state index contributed by atoms with van der Waals surface area (Å²) in [5.41, 5.74) is 5.18. The van der Waals surface area contributed by atoms with E-state index in [4.69, 9.17) is 11.6 Å². The molecule has 0 spiro atoms. The molecular formula is C2H5N7. The number of rotatable bonds is 1. The summed E-state index contributed by atoms with van der Waals surface area (Å²) < 4.78 is 0. The molecule has 1 heterocycles. The number of aromatic nitrogens is 4. The zero-order valence-corrected chi connectivity index (χ0v) is 4.44. The third kappa shape index (κ3) is 0.929. The number of H-pyrrole nitrogens is 1. The van der Waals surface area contributed by atoms with E-state index in [-0.39, 0.29) is 11.7 Å². The molecule has 9 heavy (non-hydrogen) atoms. The Labute approximate surface area is 50.1 Å². The van der Waals surface area contributed by atoms with Crippen molar-refractivity contribution in [1.29, 1.82) is 0 Å². The Hall–Kier alpha value is -1.66. The molecule has 48 valence electrons. The van der Waals surface area contributed by atoms with E-state index in [0.717, 1.165) is 0 Å². The van der Waals surface area contributed by atoms with Crippen molar-refractivity contribution in [3.05, 3.63) is 5.82 Å². The lowest BCUT2D eigenvalue weighted by Crippen LogP contribution is -2.17. The molecule has 0 aliphatic carbocycles.